The van der Waals surface area contributed by atoms with Crippen LogP contribution in [0.1, 0.15) is 11.6 Å². The molecule has 136 valence electrons. The van der Waals surface area contributed by atoms with E-state index in [1.807, 2.05) is 36.4 Å². The van der Waals surface area contributed by atoms with Gasteiger partial charge in [0.25, 0.3) is 0 Å². The van der Waals surface area contributed by atoms with Crippen LogP contribution in [0.2, 0.25) is 0 Å². The molecule has 1 aliphatic heterocycles. The number of carbonyl (C=O) groups excluding carboxylic acids is 1. The van der Waals surface area contributed by atoms with E-state index in [2.05, 4.69) is 36.9 Å². The molecule has 2 atom stereocenters. The van der Waals surface area contributed by atoms with E-state index in [0.717, 1.165) is 39.7 Å². The molecule has 2 aromatic heterocycles. The molecule has 3 aromatic rings. The van der Waals surface area contributed by atoms with Crippen LogP contribution in [0.25, 0.3) is 10.8 Å². The summed E-state index contributed by atoms with van der Waals surface area (Å²) >= 11 is 3.61. The first-order chi connectivity index (χ1) is 13.2. The number of rotatable bonds is 3. The summed E-state index contributed by atoms with van der Waals surface area (Å²) in [7, 11) is 0. The maximum absolute atomic E-state index is 12.5. The van der Waals surface area contributed by atoms with Gasteiger partial charge in [-0.25, -0.2) is 9.78 Å². The third-order valence-corrected chi connectivity index (χ3v) is 6.12. The number of carbonyl (C=O) groups is 1. The number of anilines is 2. The van der Waals surface area contributed by atoms with Gasteiger partial charge in [0.15, 0.2) is 0 Å². The molecule has 27 heavy (non-hydrogen) atoms. The van der Waals surface area contributed by atoms with Crippen molar-refractivity contribution in [1.82, 2.24) is 15.3 Å². The van der Waals surface area contributed by atoms with E-state index in [1.165, 1.54) is 0 Å². The average molecular weight is 424 g/mol. The van der Waals surface area contributed by atoms with E-state index < -0.39 is 0 Å². The number of nitrogens with one attached hydrogen (secondary N) is 3. The van der Waals surface area contributed by atoms with Crippen molar-refractivity contribution < 1.29 is 4.79 Å². The number of urea groups is 1. The van der Waals surface area contributed by atoms with Gasteiger partial charge >= 0.3 is 6.03 Å². The van der Waals surface area contributed by atoms with Crippen LogP contribution < -0.4 is 16.0 Å². The molecule has 2 amide bonds. The summed E-state index contributed by atoms with van der Waals surface area (Å²) in [6.07, 6.45) is 3.50. The van der Waals surface area contributed by atoms with Gasteiger partial charge in [-0.15, -0.1) is 0 Å². The predicted molar refractivity (Wildman–Crippen MR) is 109 cm³/mol. The number of aromatic nitrogens is 2. The molecule has 6 nitrogen and oxygen atoms in total. The van der Waals surface area contributed by atoms with Crippen molar-refractivity contribution in [2.45, 2.75) is 5.92 Å². The van der Waals surface area contributed by atoms with E-state index in [9.17, 15) is 4.79 Å². The van der Waals surface area contributed by atoms with Crippen molar-refractivity contribution in [2.24, 2.45) is 11.8 Å². The van der Waals surface area contributed by atoms with Gasteiger partial charge < -0.3 is 10.6 Å². The number of nitrogens with zero attached hydrogens (tertiary/aromatic N) is 2. The van der Waals surface area contributed by atoms with Crippen molar-refractivity contribution in [3.05, 3.63) is 59.0 Å². The molecule has 1 saturated heterocycles. The lowest BCUT2D eigenvalue weighted by Gasteiger charge is -2.12. The molecule has 0 radical (unpaired) electrons. The predicted octanol–water partition coefficient (Wildman–Crippen LogP) is 3.97. The summed E-state index contributed by atoms with van der Waals surface area (Å²) in [6, 6.07) is 11.1. The molecule has 5 rings (SSSR count). The molecule has 2 aliphatic rings. The first-order valence-corrected chi connectivity index (χ1v) is 9.78. The molecule has 2 fully saturated rings. The van der Waals surface area contributed by atoms with Crippen LogP contribution in [0.3, 0.4) is 0 Å². The molecule has 2 unspecified atom stereocenters. The SMILES string of the molecule is O=C(Nc1ccc(Br)c(C2C3CNCC32)n1)Nc1cccc2cnccc12. The highest BCUT2D eigenvalue weighted by atomic mass is 79.9. The smallest absolute Gasteiger partial charge is 0.316 e. The fraction of sp³-hybridized carbons (Fsp3) is 0.250. The number of piperidine rings is 1. The van der Waals surface area contributed by atoms with Crippen LogP contribution in [0, 0.1) is 11.8 Å². The lowest BCUT2D eigenvalue weighted by atomic mass is 10.1. The number of amides is 2. The third kappa shape index (κ3) is 3.07. The van der Waals surface area contributed by atoms with Crippen LogP contribution in [0.5, 0.6) is 0 Å². The second-order valence-electron chi connectivity index (χ2n) is 7.06. The molecular formula is C20H18BrN5O. The van der Waals surface area contributed by atoms with Crippen LogP contribution in [0.15, 0.2) is 53.3 Å². The number of hydrogen-bond donors (Lipinski definition) is 3. The largest absolute Gasteiger partial charge is 0.324 e. The number of benzene rings is 1. The second-order valence-corrected chi connectivity index (χ2v) is 7.91. The van der Waals surface area contributed by atoms with Gasteiger partial charge in [0.2, 0.25) is 0 Å². The van der Waals surface area contributed by atoms with E-state index in [-0.39, 0.29) is 6.03 Å². The fourth-order valence-corrected chi connectivity index (χ4v) is 4.57. The molecule has 7 heteroatoms. The Morgan fingerprint density at radius 3 is 2.81 bits per heavy atom. The number of fused-ring (bicyclic) bond motifs is 2. The summed E-state index contributed by atoms with van der Waals surface area (Å²) in [6.45, 7) is 2.11. The van der Waals surface area contributed by atoms with E-state index >= 15 is 0 Å². The van der Waals surface area contributed by atoms with Gasteiger partial charge in [0.1, 0.15) is 5.82 Å². The Kier molecular flexibility index (Phi) is 4.06. The van der Waals surface area contributed by atoms with Crippen molar-refractivity contribution in [1.29, 1.82) is 0 Å². The highest BCUT2D eigenvalue weighted by molar-refractivity contribution is 9.10. The molecule has 0 spiro atoms. The van der Waals surface area contributed by atoms with Crippen LogP contribution in [-0.4, -0.2) is 29.1 Å². The fourth-order valence-electron chi connectivity index (χ4n) is 4.09. The summed E-state index contributed by atoms with van der Waals surface area (Å²) in [4.78, 5) is 21.3. The zero-order chi connectivity index (χ0) is 18.4. The lowest BCUT2D eigenvalue weighted by Crippen LogP contribution is -2.21. The maximum atomic E-state index is 12.5. The maximum Gasteiger partial charge on any atom is 0.324 e. The molecule has 1 saturated carbocycles. The summed E-state index contributed by atoms with van der Waals surface area (Å²) in [5, 5.41) is 11.1. The normalized spacial score (nSPS) is 23.1. The molecular weight excluding hydrogens is 406 g/mol. The standard InChI is InChI=1S/C20H18BrN5O/c21-15-4-5-17(25-19(15)18-13-9-23-10-14(13)18)26-20(27)24-16-3-1-2-11-8-22-7-6-12(11)16/h1-8,13-14,18,23H,9-10H2,(H2,24,25,26,27). The van der Waals surface area contributed by atoms with Gasteiger partial charge in [0, 0.05) is 33.6 Å². The van der Waals surface area contributed by atoms with Crippen molar-refractivity contribution in [2.75, 3.05) is 23.7 Å². The molecule has 0 bridgehead atoms. The quantitative estimate of drug-likeness (QED) is 0.595. The molecule has 1 aromatic carbocycles. The minimum atomic E-state index is -0.308. The van der Waals surface area contributed by atoms with E-state index in [0.29, 0.717) is 23.6 Å². The lowest BCUT2D eigenvalue weighted by molar-refractivity contribution is 0.262. The van der Waals surface area contributed by atoms with Crippen LogP contribution in [-0.2, 0) is 0 Å². The van der Waals surface area contributed by atoms with Gasteiger partial charge in [-0.2, -0.15) is 0 Å². The molecule has 3 N–H and O–H groups in total. The number of halogens is 1. The van der Waals surface area contributed by atoms with E-state index in [4.69, 9.17) is 4.98 Å². The minimum Gasteiger partial charge on any atom is -0.316 e. The van der Waals surface area contributed by atoms with Gasteiger partial charge in [0.05, 0.1) is 11.4 Å². The Morgan fingerprint density at radius 2 is 1.96 bits per heavy atom. The Hall–Kier alpha value is -2.51. The molecule has 1 aliphatic carbocycles. The average Bonchev–Trinajstić information content (AvgIpc) is 3.14. The second kappa shape index (κ2) is 6.58. The Labute approximate surface area is 164 Å². The Bertz CT molecular complexity index is 1020. The van der Waals surface area contributed by atoms with Gasteiger partial charge in [-0.3, -0.25) is 10.3 Å². The zero-order valence-corrected chi connectivity index (χ0v) is 16.0. The first kappa shape index (κ1) is 16.6. The minimum absolute atomic E-state index is 0.308. The van der Waals surface area contributed by atoms with Crippen molar-refractivity contribution in [3.63, 3.8) is 0 Å². The Morgan fingerprint density at radius 1 is 1.11 bits per heavy atom. The van der Waals surface area contributed by atoms with E-state index in [1.54, 1.807) is 12.4 Å². The van der Waals surface area contributed by atoms with Gasteiger partial charge in [-0.1, -0.05) is 12.1 Å². The summed E-state index contributed by atoms with van der Waals surface area (Å²) in [5.74, 6) is 2.38. The Balaban J connectivity index is 1.34. The highest BCUT2D eigenvalue weighted by Gasteiger charge is 2.54. The van der Waals surface area contributed by atoms with Gasteiger partial charge in [-0.05, 0) is 65.1 Å². The number of pyridine rings is 2. The van der Waals surface area contributed by atoms with Crippen molar-refractivity contribution >= 4 is 44.2 Å². The first-order valence-electron chi connectivity index (χ1n) is 8.98. The summed E-state index contributed by atoms with van der Waals surface area (Å²) < 4.78 is 1.01. The van der Waals surface area contributed by atoms with Crippen molar-refractivity contribution in [3.8, 4) is 0 Å². The monoisotopic (exact) mass is 423 g/mol. The number of hydrogen-bond acceptors (Lipinski definition) is 4. The third-order valence-electron chi connectivity index (χ3n) is 5.45. The summed E-state index contributed by atoms with van der Waals surface area (Å²) in [5.41, 5.74) is 1.79. The topological polar surface area (TPSA) is 78.9 Å². The van der Waals surface area contributed by atoms with Crippen LogP contribution in [0.4, 0.5) is 16.3 Å². The zero-order valence-electron chi connectivity index (χ0n) is 14.4. The molecule has 3 heterocycles. The van der Waals surface area contributed by atoms with Crippen LogP contribution >= 0.6 is 15.9 Å². The highest BCUT2D eigenvalue weighted by Crippen LogP contribution is 2.56.